The largest absolute Gasteiger partial charge is 0.343 e. The van der Waals surface area contributed by atoms with Gasteiger partial charge in [0, 0.05) is 25.6 Å². The van der Waals surface area contributed by atoms with Gasteiger partial charge < -0.3 is 10.6 Å². The Morgan fingerprint density at radius 2 is 1.90 bits per heavy atom. The first-order valence-corrected chi connectivity index (χ1v) is 7.24. The first-order valence-electron chi connectivity index (χ1n) is 7.24. The predicted molar refractivity (Wildman–Crippen MR) is 85.0 cm³/mol. The van der Waals surface area contributed by atoms with E-state index in [-0.39, 0.29) is 24.4 Å². The van der Waals surface area contributed by atoms with E-state index in [1.807, 2.05) is 23.1 Å². The van der Waals surface area contributed by atoms with Gasteiger partial charge in [-0.2, -0.15) is 0 Å². The Morgan fingerprint density at radius 1 is 1.30 bits per heavy atom. The fraction of sp³-hybridized carbons (Fsp3) is 0.562. The fourth-order valence-electron chi connectivity index (χ4n) is 2.73. The number of piperidine rings is 1. The van der Waals surface area contributed by atoms with Crippen LogP contribution in [0.25, 0.3) is 0 Å². The highest BCUT2D eigenvalue weighted by molar-refractivity contribution is 5.85. The number of nitrogens with two attached hydrogens (primary N) is 1. The molecule has 0 aromatic heterocycles. The lowest BCUT2D eigenvalue weighted by Gasteiger charge is -2.33. The number of nitrogens with zero attached hydrogens (tertiary/aromatic N) is 1. The number of halogens is 1. The third-order valence-corrected chi connectivity index (χ3v) is 4.11. The first kappa shape index (κ1) is 17.0. The van der Waals surface area contributed by atoms with Gasteiger partial charge >= 0.3 is 0 Å². The Morgan fingerprint density at radius 3 is 2.45 bits per heavy atom. The molecule has 0 bridgehead atoms. The maximum atomic E-state index is 12.1. The van der Waals surface area contributed by atoms with Crippen molar-refractivity contribution in [3.63, 3.8) is 0 Å². The van der Waals surface area contributed by atoms with Crippen LogP contribution >= 0.6 is 12.4 Å². The zero-order valence-corrected chi connectivity index (χ0v) is 12.9. The highest BCUT2D eigenvalue weighted by Gasteiger charge is 2.24. The summed E-state index contributed by atoms with van der Waals surface area (Å²) in [6, 6.07) is 10.5. The molecule has 1 aliphatic rings. The van der Waals surface area contributed by atoms with Crippen molar-refractivity contribution in [2.45, 2.75) is 38.6 Å². The molecule has 0 radical (unpaired) electrons. The van der Waals surface area contributed by atoms with Gasteiger partial charge in [-0.15, -0.1) is 12.4 Å². The van der Waals surface area contributed by atoms with Gasteiger partial charge in [-0.25, -0.2) is 0 Å². The Bertz CT molecular complexity index is 400. The molecule has 1 amide bonds. The average molecular weight is 297 g/mol. The van der Waals surface area contributed by atoms with Gasteiger partial charge in [-0.1, -0.05) is 30.3 Å². The molecule has 0 aliphatic carbocycles. The first-order chi connectivity index (χ1) is 9.16. The normalized spacial score (nSPS) is 17.4. The summed E-state index contributed by atoms with van der Waals surface area (Å²) in [7, 11) is 0. The van der Waals surface area contributed by atoms with Gasteiger partial charge in [0.15, 0.2) is 0 Å². The molecular weight excluding hydrogens is 272 g/mol. The summed E-state index contributed by atoms with van der Waals surface area (Å²) in [6.07, 6.45) is 3.56. The summed E-state index contributed by atoms with van der Waals surface area (Å²) in [5, 5.41) is 0. The minimum Gasteiger partial charge on any atom is -0.343 e. The number of carbonyl (C=O) groups is 1. The zero-order chi connectivity index (χ0) is 13.7. The van der Waals surface area contributed by atoms with Crippen molar-refractivity contribution in [1.82, 2.24) is 4.90 Å². The van der Waals surface area contributed by atoms with Gasteiger partial charge in [-0.3, -0.25) is 4.79 Å². The summed E-state index contributed by atoms with van der Waals surface area (Å²) in [5.74, 6) is 0.866. The molecule has 112 valence electrons. The molecule has 3 nitrogen and oxygen atoms in total. The highest BCUT2D eigenvalue weighted by atomic mass is 35.5. The van der Waals surface area contributed by atoms with Crippen molar-refractivity contribution in [3.05, 3.63) is 35.9 Å². The third kappa shape index (κ3) is 4.80. The smallest absolute Gasteiger partial charge is 0.222 e. The summed E-state index contributed by atoms with van der Waals surface area (Å²) >= 11 is 0. The van der Waals surface area contributed by atoms with Crippen LogP contribution in [0, 0.1) is 5.92 Å². The van der Waals surface area contributed by atoms with Gasteiger partial charge in [0.05, 0.1) is 0 Å². The third-order valence-electron chi connectivity index (χ3n) is 4.11. The van der Waals surface area contributed by atoms with Crippen molar-refractivity contribution >= 4 is 18.3 Å². The molecule has 0 spiro atoms. The van der Waals surface area contributed by atoms with Gasteiger partial charge in [0.2, 0.25) is 5.91 Å². The molecule has 20 heavy (non-hydrogen) atoms. The number of amides is 1. The van der Waals surface area contributed by atoms with E-state index in [2.05, 4.69) is 19.1 Å². The molecule has 4 heteroatoms. The Kier molecular flexibility index (Phi) is 7.03. The van der Waals surface area contributed by atoms with E-state index in [1.165, 1.54) is 5.56 Å². The molecule has 1 aromatic rings. The second kappa shape index (κ2) is 8.28. The van der Waals surface area contributed by atoms with Crippen molar-refractivity contribution in [2.75, 3.05) is 13.1 Å². The minimum absolute atomic E-state index is 0. The van der Waals surface area contributed by atoms with E-state index in [1.54, 1.807) is 0 Å². The number of aryl methyl sites for hydroxylation is 1. The van der Waals surface area contributed by atoms with E-state index in [0.29, 0.717) is 12.3 Å². The van der Waals surface area contributed by atoms with Crippen molar-refractivity contribution in [1.29, 1.82) is 0 Å². The Labute approximate surface area is 127 Å². The molecule has 1 aromatic carbocycles. The van der Waals surface area contributed by atoms with Crippen molar-refractivity contribution in [3.8, 4) is 0 Å². The Balaban J connectivity index is 0.00000200. The number of rotatable bonds is 4. The second-order valence-corrected chi connectivity index (χ2v) is 5.56. The maximum absolute atomic E-state index is 12.1. The molecule has 2 N–H and O–H groups in total. The van der Waals surface area contributed by atoms with Crippen molar-refractivity contribution in [2.24, 2.45) is 11.7 Å². The molecular formula is C16H25ClN2O. The zero-order valence-electron chi connectivity index (χ0n) is 12.1. The van der Waals surface area contributed by atoms with Gasteiger partial charge in [0.1, 0.15) is 0 Å². The number of hydrogen-bond donors (Lipinski definition) is 1. The molecule has 1 aliphatic heterocycles. The van der Waals surface area contributed by atoms with E-state index in [0.717, 1.165) is 32.4 Å². The van der Waals surface area contributed by atoms with Crippen LogP contribution in [-0.2, 0) is 11.2 Å². The number of carbonyl (C=O) groups excluding carboxylic acids is 1. The van der Waals surface area contributed by atoms with Gasteiger partial charge in [-0.05, 0) is 37.7 Å². The van der Waals surface area contributed by atoms with Crippen LogP contribution in [0.15, 0.2) is 30.3 Å². The summed E-state index contributed by atoms with van der Waals surface area (Å²) < 4.78 is 0. The monoisotopic (exact) mass is 296 g/mol. The standard InChI is InChI=1S/C16H24N2O.ClH/c1-13(17)15-9-11-18(12-10-15)16(19)8-7-14-5-3-2-4-6-14;/h2-6,13,15H,7-12,17H2,1H3;1H. The molecule has 0 saturated carbocycles. The molecule has 1 fully saturated rings. The van der Waals surface area contributed by atoms with Crippen LogP contribution in [0.5, 0.6) is 0 Å². The quantitative estimate of drug-likeness (QED) is 0.928. The summed E-state index contributed by atoms with van der Waals surface area (Å²) in [6.45, 7) is 3.82. The van der Waals surface area contributed by atoms with Crippen LogP contribution in [0.4, 0.5) is 0 Å². The highest BCUT2D eigenvalue weighted by Crippen LogP contribution is 2.20. The minimum atomic E-state index is 0. The lowest BCUT2D eigenvalue weighted by molar-refractivity contribution is -0.132. The summed E-state index contributed by atoms with van der Waals surface area (Å²) in [5.41, 5.74) is 7.16. The SMILES string of the molecule is CC(N)C1CCN(C(=O)CCc2ccccc2)CC1.Cl. The second-order valence-electron chi connectivity index (χ2n) is 5.56. The van der Waals surface area contributed by atoms with Crippen LogP contribution in [0.1, 0.15) is 31.7 Å². The lowest BCUT2D eigenvalue weighted by Crippen LogP contribution is -2.42. The molecule has 2 rings (SSSR count). The maximum Gasteiger partial charge on any atom is 0.222 e. The predicted octanol–water partition coefficient (Wildman–Crippen LogP) is 2.63. The molecule has 1 heterocycles. The van der Waals surface area contributed by atoms with Crippen LogP contribution in [0.2, 0.25) is 0 Å². The van der Waals surface area contributed by atoms with E-state index in [4.69, 9.17) is 5.73 Å². The van der Waals surface area contributed by atoms with E-state index in [9.17, 15) is 4.79 Å². The van der Waals surface area contributed by atoms with Crippen LogP contribution in [0.3, 0.4) is 0 Å². The van der Waals surface area contributed by atoms with Crippen molar-refractivity contribution < 1.29 is 4.79 Å². The molecule has 1 atom stereocenters. The Hall–Kier alpha value is -1.06. The number of hydrogen-bond acceptors (Lipinski definition) is 2. The van der Waals surface area contributed by atoms with Crippen LogP contribution in [-0.4, -0.2) is 29.9 Å². The fourth-order valence-corrected chi connectivity index (χ4v) is 2.73. The van der Waals surface area contributed by atoms with E-state index >= 15 is 0 Å². The topological polar surface area (TPSA) is 46.3 Å². The average Bonchev–Trinajstić information content (AvgIpc) is 2.46. The molecule has 1 unspecified atom stereocenters. The van der Waals surface area contributed by atoms with Gasteiger partial charge in [0.25, 0.3) is 0 Å². The number of benzene rings is 1. The number of likely N-dealkylation sites (tertiary alicyclic amines) is 1. The molecule has 1 saturated heterocycles. The van der Waals surface area contributed by atoms with Crippen LogP contribution < -0.4 is 5.73 Å². The summed E-state index contributed by atoms with van der Waals surface area (Å²) in [4.78, 5) is 14.1. The lowest BCUT2D eigenvalue weighted by atomic mass is 9.91. The van der Waals surface area contributed by atoms with E-state index < -0.39 is 0 Å².